The number of esters is 1. The van der Waals surface area contributed by atoms with E-state index in [0.29, 0.717) is 39.7 Å². The van der Waals surface area contributed by atoms with Gasteiger partial charge < -0.3 is 20.7 Å². The molecule has 2 atom stereocenters. The molecule has 0 radical (unpaired) electrons. The van der Waals surface area contributed by atoms with Gasteiger partial charge in [0.25, 0.3) is 11.8 Å². The number of benzene rings is 2. The van der Waals surface area contributed by atoms with Crippen LogP contribution in [0.5, 0.6) is 0 Å². The van der Waals surface area contributed by atoms with Crippen LogP contribution >= 0.6 is 23.1 Å². The van der Waals surface area contributed by atoms with Crippen LogP contribution in [0.15, 0.2) is 89.7 Å². The molecule has 11 heteroatoms. The topological polar surface area (TPSA) is 126 Å². The van der Waals surface area contributed by atoms with Gasteiger partial charge in [-0.25, -0.2) is 4.79 Å². The highest BCUT2D eigenvalue weighted by Gasteiger charge is 2.30. The molecule has 3 N–H and O–H groups in total. The van der Waals surface area contributed by atoms with E-state index in [1.807, 2.05) is 19.1 Å². The molecule has 0 spiro atoms. The smallest absolute Gasteiger partial charge is 0.341 e. The van der Waals surface area contributed by atoms with Gasteiger partial charge in [0.15, 0.2) is 0 Å². The summed E-state index contributed by atoms with van der Waals surface area (Å²) in [5.41, 5.74) is 3.04. The van der Waals surface area contributed by atoms with Crippen LogP contribution in [0.2, 0.25) is 0 Å². The summed E-state index contributed by atoms with van der Waals surface area (Å²) in [5.74, 6) is -1.07. The Hall–Kier alpha value is -4.74. The molecular formula is C36H36N4O5S2. The van der Waals surface area contributed by atoms with Gasteiger partial charge >= 0.3 is 5.97 Å². The van der Waals surface area contributed by atoms with Gasteiger partial charge in [-0.2, -0.15) is 0 Å². The largest absolute Gasteiger partial charge is 0.465 e. The maximum Gasteiger partial charge on any atom is 0.341 e. The van der Waals surface area contributed by atoms with E-state index in [1.54, 1.807) is 73.1 Å². The molecule has 4 aromatic rings. The number of carbonyl (C=O) groups is 4. The number of methoxy groups -OCH3 is 1. The van der Waals surface area contributed by atoms with Crippen molar-refractivity contribution >= 4 is 63.6 Å². The number of rotatable bonds is 11. The number of aromatic nitrogens is 1. The number of carbonyl (C=O) groups excluding carboxylic acids is 4. The SMILES string of the molecule is CCC(Sc1cccc(NC(=O)/C(=C/c2cccnc2)NC(=O)c2ccccc2)c1)C(=O)Nc1sc2c(c1C(=O)OC)CCC(C)C2. The van der Waals surface area contributed by atoms with Crippen LogP contribution in [-0.2, 0) is 27.2 Å². The molecule has 0 saturated heterocycles. The fourth-order valence-corrected chi connectivity index (χ4v) is 7.67. The number of amides is 3. The van der Waals surface area contributed by atoms with Gasteiger partial charge in [0.05, 0.1) is 17.9 Å². The number of fused-ring (bicyclic) bond motifs is 1. The second kappa shape index (κ2) is 15.7. The van der Waals surface area contributed by atoms with Crippen molar-refractivity contribution in [2.24, 2.45) is 5.92 Å². The molecule has 0 saturated carbocycles. The fraction of sp³-hybridized carbons (Fsp3) is 0.250. The Morgan fingerprint density at radius 3 is 2.60 bits per heavy atom. The first kappa shape index (κ1) is 33.6. The average Bonchev–Trinajstić information content (AvgIpc) is 3.44. The standard InChI is InChI=1S/C36H36N4O5S2/c1-4-29(34(43)40-35-31(36(44)45-3)27-16-15-22(2)18-30(27)47-35)46-26-14-8-13-25(20-26)38-33(42)28(19-23-10-9-17-37-21-23)39-32(41)24-11-6-5-7-12-24/h5-14,17,19-22,29H,4,15-16,18H2,1-3H3,(H,38,42)(H,39,41)(H,40,43)/b28-19-. The zero-order chi connectivity index (χ0) is 33.3. The van der Waals surface area contributed by atoms with Crippen molar-refractivity contribution in [2.75, 3.05) is 17.7 Å². The predicted octanol–water partition coefficient (Wildman–Crippen LogP) is 6.97. The Morgan fingerprint density at radius 1 is 1.06 bits per heavy atom. The van der Waals surface area contributed by atoms with Crippen LogP contribution in [0.25, 0.3) is 6.08 Å². The van der Waals surface area contributed by atoms with Gasteiger partial charge in [0.1, 0.15) is 10.7 Å². The van der Waals surface area contributed by atoms with Gasteiger partial charge in [-0.3, -0.25) is 19.4 Å². The normalized spacial score (nSPS) is 14.8. The zero-order valence-electron chi connectivity index (χ0n) is 26.4. The van der Waals surface area contributed by atoms with Crippen LogP contribution in [0, 0.1) is 5.92 Å². The Labute approximate surface area is 282 Å². The van der Waals surface area contributed by atoms with Crippen molar-refractivity contribution in [3.8, 4) is 0 Å². The van der Waals surface area contributed by atoms with Gasteiger partial charge in [0, 0.05) is 33.4 Å². The van der Waals surface area contributed by atoms with Crippen molar-refractivity contribution < 1.29 is 23.9 Å². The molecule has 2 aromatic carbocycles. The monoisotopic (exact) mass is 668 g/mol. The lowest BCUT2D eigenvalue weighted by molar-refractivity contribution is -0.116. The molecule has 47 heavy (non-hydrogen) atoms. The number of nitrogens with zero attached hydrogens (tertiary/aromatic N) is 1. The van der Waals surface area contributed by atoms with Crippen molar-refractivity contribution in [3.63, 3.8) is 0 Å². The summed E-state index contributed by atoms with van der Waals surface area (Å²) >= 11 is 2.82. The Balaban J connectivity index is 1.31. The molecule has 5 rings (SSSR count). The minimum atomic E-state index is -0.517. The van der Waals surface area contributed by atoms with Gasteiger partial charge in [-0.1, -0.05) is 44.2 Å². The van der Waals surface area contributed by atoms with Gasteiger partial charge in [0.2, 0.25) is 5.91 Å². The lowest BCUT2D eigenvalue weighted by Gasteiger charge is -2.18. The first-order chi connectivity index (χ1) is 22.7. The van der Waals surface area contributed by atoms with E-state index in [2.05, 4.69) is 27.9 Å². The predicted molar refractivity (Wildman–Crippen MR) is 187 cm³/mol. The molecule has 1 aliphatic carbocycles. The molecule has 0 aliphatic heterocycles. The van der Waals surface area contributed by atoms with Crippen LogP contribution in [0.3, 0.4) is 0 Å². The molecule has 242 valence electrons. The average molecular weight is 669 g/mol. The number of nitrogens with one attached hydrogen (secondary N) is 3. The van der Waals surface area contributed by atoms with E-state index < -0.39 is 23.0 Å². The molecule has 9 nitrogen and oxygen atoms in total. The number of hydrogen-bond donors (Lipinski definition) is 3. The lowest BCUT2D eigenvalue weighted by Crippen LogP contribution is -2.30. The quantitative estimate of drug-likeness (QED) is 0.0895. The minimum Gasteiger partial charge on any atom is -0.465 e. The van der Waals surface area contributed by atoms with E-state index >= 15 is 0 Å². The number of hydrogen-bond acceptors (Lipinski definition) is 8. The van der Waals surface area contributed by atoms with Crippen LogP contribution in [0.4, 0.5) is 10.7 Å². The highest BCUT2D eigenvalue weighted by atomic mass is 32.2. The number of pyridine rings is 1. The number of ether oxygens (including phenoxy) is 1. The second-order valence-electron chi connectivity index (χ2n) is 11.2. The van der Waals surface area contributed by atoms with Crippen molar-refractivity contribution in [1.29, 1.82) is 0 Å². The maximum absolute atomic E-state index is 13.5. The van der Waals surface area contributed by atoms with Crippen LogP contribution < -0.4 is 16.0 Å². The summed E-state index contributed by atoms with van der Waals surface area (Å²) in [6.07, 6.45) is 7.96. The molecule has 0 bridgehead atoms. The number of anilines is 2. The van der Waals surface area contributed by atoms with Crippen molar-refractivity contribution in [1.82, 2.24) is 10.3 Å². The summed E-state index contributed by atoms with van der Waals surface area (Å²) in [7, 11) is 1.36. The highest BCUT2D eigenvalue weighted by Crippen LogP contribution is 2.40. The third-order valence-electron chi connectivity index (χ3n) is 7.70. The minimum absolute atomic E-state index is 0.0465. The van der Waals surface area contributed by atoms with E-state index in [1.165, 1.54) is 30.2 Å². The van der Waals surface area contributed by atoms with Crippen LogP contribution in [0.1, 0.15) is 63.4 Å². The summed E-state index contributed by atoms with van der Waals surface area (Å²) < 4.78 is 5.08. The zero-order valence-corrected chi connectivity index (χ0v) is 28.0. The van der Waals surface area contributed by atoms with Gasteiger partial charge in [-0.05, 0) is 85.2 Å². The maximum atomic E-state index is 13.5. The molecule has 2 aromatic heterocycles. The van der Waals surface area contributed by atoms with Crippen molar-refractivity contribution in [3.05, 3.63) is 112 Å². The van der Waals surface area contributed by atoms with Crippen LogP contribution in [-0.4, -0.2) is 41.0 Å². The molecule has 2 heterocycles. The summed E-state index contributed by atoms with van der Waals surface area (Å²) in [6.45, 7) is 4.12. The summed E-state index contributed by atoms with van der Waals surface area (Å²) in [5, 5.41) is 8.69. The summed E-state index contributed by atoms with van der Waals surface area (Å²) in [4.78, 5) is 58.7. The first-order valence-electron chi connectivity index (χ1n) is 15.4. The molecule has 2 unspecified atom stereocenters. The van der Waals surface area contributed by atoms with E-state index in [-0.39, 0.29) is 11.6 Å². The number of thioether (sulfide) groups is 1. The Bertz CT molecular complexity index is 1790. The Kier molecular flexibility index (Phi) is 11.2. The fourth-order valence-electron chi connectivity index (χ4n) is 5.25. The third kappa shape index (κ3) is 8.55. The van der Waals surface area contributed by atoms with E-state index in [0.717, 1.165) is 34.6 Å². The number of thiophene rings is 1. The van der Waals surface area contributed by atoms with Crippen molar-refractivity contribution in [2.45, 2.75) is 49.7 Å². The molecule has 3 amide bonds. The lowest BCUT2D eigenvalue weighted by atomic mass is 9.88. The Morgan fingerprint density at radius 2 is 1.87 bits per heavy atom. The highest BCUT2D eigenvalue weighted by molar-refractivity contribution is 8.00. The van der Waals surface area contributed by atoms with Gasteiger partial charge in [-0.15, -0.1) is 23.1 Å². The molecule has 0 fully saturated rings. The molecule has 1 aliphatic rings. The van der Waals surface area contributed by atoms with E-state index in [9.17, 15) is 19.2 Å². The second-order valence-corrected chi connectivity index (χ2v) is 13.6. The molecular weight excluding hydrogens is 633 g/mol. The summed E-state index contributed by atoms with van der Waals surface area (Å²) in [6, 6.07) is 19.3. The first-order valence-corrected chi connectivity index (χ1v) is 17.0. The van der Waals surface area contributed by atoms with E-state index in [4.69, 9.17) is 4.74 Å². The third-order valence-corrected chi connectivity index (χ3v) is 10.2.